The lowest BCUT2D eigenvalue weighted by Crippen LogP contribution is -2.48. The normalized spacial score (nSPS) is 20.8. The molecule has 0 spiro atoms. The molecule has 2 aliphatic rings. The van der Waals surface area contributed by atoms with E-state index in [1.807, 2.05) is 24.3 Å². The topological polar surface area (TPSA) is 71.5 Å². The van der Waals surface area contributed by atoms with E-state index in [1.165, 1.54) is 24.9 Å². The summed E-state index contributed by atoms with van der Waals surface area (Å²) in [6.07, 6.45) is 7.55. The second kappa shape index (κ2) is 7.69. The Bertz CT molecular complexity index is 1170. The Morgan fingerprint density at radius 1 is 1.06 bits per heavy atom. The number of pyridine rings is 1. The van der Waals surface area contributed by atoms with Crippen LogP contribution < -0.4 is 10.2 Å². The molecule has 0 aliphatic carbocycles. The van der Waals surface area contributed by atoms with Crippen LogP contribution in [-0.2, 0) is 16.0 Å². The first-order valence-corrected chi connectivity index (χ1v) is 10.8. The summed E-state index contributed by atoms with van der Waals surface area (Å²) in [5.74, 6) is -0.808. The van der Waals surface area contributed by atoms with Crippen LogP contribution in [0.5, 0.6) is 0 Å². The number of piperidine rings is 1. The molecule has 1 N–H and O–H groups in total. The molecular formula is C25H25N3O3. The summed E-state index contributed by atoms with van der Waals surface area (Å²) in [7, 11) is 0. The van der Waals surface area contributed by atoms with Crippen molar-refractivity contribution in [2.45, 2.75) is 38.2 Å². The van der Waals surface area contributed by atoms with Gasteiger partial charge in [0.25, 0.3) is 5.91 Å². The number of fused-ring (bicyclic) bond motifs is 2. The zero-order chi connectivity index (χ0) is 21.4. The van der Waals surface area contributed by atoms with E-state index in [0.717, 1.165) is 29.4 Å². The molecule has 1 saturated heterocycles. The number of anilines is 2. The van der Waals surface area contributed by atoms with Gasteiger partial charge in [-0.2, -0.15) is 0 Å². The fraction of sp³-hybridized carbons (Fsp3) is 0.320. The molecule has 6 heteroatoms. The smallest absolute Gasteiger partial charge is 0.339 e. The summed E-state index contributed by atoms with van der Waals surface area (Å²) in [5, 5.41) is 4.94. The van der Waals surface area contributed by atoms with Gasteiger partial charge in [0, 0.05) is 48.4 Å². The number of carbonyl (C=O) groups is 2. The van der Waals surface area contributed by atoms with Gasteiger partial charge in [-0.1, -0.05) is 18.2 Å². The highest BCUT2D eigenvalue weighted by Crippen LogP contribution is 2.35. The molecule has 2 aromatic carbocycles. The largest absolute Gasteiger partial charge is 0.445 e. The first kappa shape index (κ1) is 19.5. The van der Waals surface area contributed by atoms with Gasteiger partial charge in [-0.05, 0) is 56.0 Å². The van der Waals surface area contributed by atoms with Crippen molar-refractivity contribution in [3.8, 4) is 0 Å². The molecule has 0 bridgehead atoms. The van der Waals surface area contributed by atoms with Gasteiger partial charge in [0.15, 0.2) is 5.60 Å². The van der Waals surface area contributed by atoms with E-state index in [1.54, 1.807) is 31.5 Å². The van der Waals surface area contributed by atoms with Gasteiger partial charge in [0.2, 0.25) is 0 Å². The van der Waals surface area contributed by atoms with Crippen LogP contribution in [0.2, 0.25) is 0 Å². The Morgan fingerprint density at radius 3 is 2.71 bits per heavy atom. The lowest BCUT2D eigenvalue weighted by molar-refractivity contribution is -0.134. The van der Waals surface area contributed by atoms with E-state index < -0.39 is 11.6 Å². The van der Waals surface area contributed by atoms with Crippen LogP contribution in [-0.4, -0.2) is 35.6 Å². The molecule has 31 heavy (non-hydrogen) atoms. The highest BCUT2D eigenvalue weighted by molar-refractivity contribution is 6.09. The van der Waals surface area contributed by atoms with Crippen molar-refractivity contribution >= 4 is 34.0 Å². The van der Waals surface area contributed by atoms with Gasteiger partial charge < -0.3 is 15.0 Å². The maximum atomic E-state index is 13.3. The third kappa shape index (κ3) is 3.52. The average molecular weight is 415 g/mol. The van der Waals surface area contributed by atoms with Crippen LogP contribution in [0.15, 0.2) is 54.9 Å². The molecule has 2 aliphatic heterocycles. The van der Waals surface area contributed by atoms with Crippen molar-refractivity contribution in [3.05, 3.63) is 66.0 Å². The van der Waals surface area contributed by atoms with Gasteiger partial charge in [-0.3, -0.25) is 9.78 Å². The zero-order valence-electron chi connectivity index (χ0n) is 17.6. The number of amides is 1. The van der Waals surface area contributed by atoms with Crippen molar-refractivity contribution in [1.82, 2.24) is 4.98 Å². The van der Waals surface area contributed by atoms with Gasteiger partial charge in [0.05, 0.1) is 11.3 Å². The number of nitrogens with one attached hydrogen (secondary N) is 1. The fourth-order valence-corrected chi connectivity index (χ4v) is 4.61. The van der Waals surface area contributed by atoms with Crippen molar-refractivity contribution in [1.29, 1.82) is 0 Å². The third-order valence-corrected chi connectivity index (χ3v) is 6.30. The van der Waals surface area contributed by atoms with Crippen LogP contribution in [0.4, 0.5) is 11.4 Å². The maximum Gasteiger partial charge on any atom is 0.339 e. The minimum atomic E-state index is -1.27. The highest BCUT2D eigenvalue weighted by Gasteiger charge is 2.42. The lowest BCUT2D eigenvalue weighted by Gasteiger charge is -2.33. The summed E-state index contributed by atoms with van der Waals surface area (Å²) >= 11 is 0. The lowest BCUT2D eigenvalue weighted by atomic mass is 9.89. The molecule has 3 heterocycles. The number of esters is 1. The molecule has 0 saturated carbocycles. The van der Waals surface area contributed by atoms with E-state index in [9.17, 15) is 9.59 Å². The Balaban J connectivity index is 1.46. The molecule has 0 radical (unpaired) electrons. The van der Waals surface area contributed by atoms with E-state index in [-0.39, 0.29) is 5.91 Å². The summed E-state index contributed by atoms with van der Waals surface area (Å²) in [4.78, 5) is 32.4. The fourth-order valence-electron chi connectivity index (χ4n) is 4.61. The molecule has 1 atom stereocenters. The summed E-state index contributed by atoms with van der Waals surface area (Å²) in [6.45, 7) is 3.74. The van der Waals surface area contributed by atoms with E-state index in [0.29, 0.717) is 17.7 Å². The third-order valence-electron chi connectivity index (χ3n) is 6.30. The Morgan fingerprint density at radius 2 is 1.87 bits per heavy atom. The zero-order valence-corrected chi connectivity index (χ0v) is 17.6. The SMILES string of the molecule is CC1(C(=O)Nc2ccc(N3CCCCC3)c3ccncc23)Cc2ccccc2C(=O)O1. The Kier molecular flexibility index (Phi) is 4.85. The number of rotatable bonds is 3. The average Bonchev–Trinajstić information content (AvgIpc) is 2.80. The molecule has 6 nitrogen and oxygen atoms in total. The predicted molar refractivity (Wildman–Crippen MR) is 120 cm³/mol. The van der Waals surface area contributed by atoms with E-state index >= 15 is 0 Å². The molecule has 1 fully saturated rings. The molecule has 1 amide bonds. The summed E-state index contributed by atoms with van der Waals surface area (Å²) in [6, 6.07) is 13.2. The van der Waals surface area contributed by atoms with E-state index in [2.05, 4.69) is 21.3 Å². The number of cyclic esters (lactones) is 1. The number of carbonyl (C=O) groups excluding carboxylic acids is 2. The standard InChI is InChI=1S/C25H25N3O3/c1-25(15-17-7-3-4-8-18(17)23(29)31-25)24(30)27-21-9-10-22(28-13-5-2-6-14-28)19-11-12-26-16-20(19)21/h3-4,7-12,16H,2,5-6,13-15H2,1H3,(H,27,30). The number of aromatic nitrogens is 1. The Hall–Kier alpha value is -3.41. The molecule has 5 rings (SSSR count). The van der Waals surface area contributed by atoms with Gasteiger partial charge >= 0.3 is 5.97 Å². The van der Waals surface area contributed by atoms with Crippen molar-refractivity contribution in [2.75, 3.05) is 23.3 Å². The van der Waals surface area contributed by atoms with Crippen LogP contribution in [0.3, 0.4) is 0 Å². The first-order chi connectivity index (χ1) is 15.0. The van der Waals surface area contributed by atoms with Gasteiger partial charge in [-0.25, -0.2) is 4.79 Å². The summed E-state index contributed by atoms with van der Waals surface area (Å²) in [5.41, 5.74) is 1.91. The number of benzene rings is 2. The number of hydrogen-bond acceptors (Lipinski definition) is 5. The van der Waals surface area contributed by atoms with Crippen LogP contribution in [0, 0.1) is 0 Å². The molecule has 1 aromatic heterocycles. The van der Waals surface area contributed by atoms with Crippen molar-refractivity contribution < 1.29 is 14.3 Å². The second-order valence-electron chi connectivity index (χ2n) is 8.51. The minimum absolute atomic E-state index is 0.336. The monoisotopic (exact) mass is 415 g/mol. The maximum absolute atomic E-state index is 13.3. The molecule has 1 unspecified atom stereocenters. The highest BCUT2D eigenvalue weighted by atomic mass is 16.6. The van der Waals surface area contributed by atoms with Crippen molar-refractivity contribution in [2.24, 2.45) is 0 Å². The van der Waals surface area contributed by atoms with Crippen LogP contribution in [0.25, 0.3) is 10.8 Å². The molecular weight excluding hydrogens is 390 g/mol. The second-order valence-corrected chi connectivity index (χ2v) is 8.51. The predicted octanol–water partition coefficient (Wildman–Crippen LogP) is 4.34. The van der Waals surface area contributed by atoms with Gasteiger partial charge in [0.1, 0.15) is 0 Å². The van der Waals surface area contributed by atoms with Crippen LogP contribution >= 0.6 is 0 Å². The van der Waals surface area contributed by atoms with Gasteiger partial charge in [-0.15, -0.1) is 0 Å². The number of nitrogens with zero attached hydrogens (tertiary/aromatic N) is 2. The summed E-state index contributed by atoms with van der Waals surface area (Å²) < 4.78 is 5.59. The van der Waals surface area contributed by atoms with Crippen molar-refractivity contribution in [3.63, 3.8) is 0 Å². The quantitative estimate of drug-likeness (QED) is 0.645. The van der Waals surface area contributed by atoms with E-state index in [4.69, 9.17) is 4.74 Å². The Labute approximate surface area is 181 Å². The minimum Gasteiger partial charge on any atom is -0.445 e. The molecule has 3 aromatic rings. The van der Waals surface area contributed by atoms with Crippen LogP contribution in [0.1, 0.15) is 42.1 Å². The molecule has 158 valence electrons. The number of ether oxygens (including phenoxy) is 1. The first-order valence-electron chi connectivity index (χ1n) is 10.8. The number of hydrogen-bond donors (Lipinski definition) is 1.